The quantitative estimate of drug-likeness (QED) is 0.508. The van der Waals surface area contributed by atoms with E-state index in [0.717, 1.165) is 11.3 Å². The number of hydroxylamine groups is 2. The molecule has 6 nitrogen and oxygen atoms in total. The minimum absolute atomic E-state index is 0.140. The number of imide groups is 1. The second kappa shape index (κ2) is 7.10. The number of anilines is 1. The second-order valence-corrected chi connectivity index (χ2v) is 5.92. The Morgan fingerprint density at radius 2 is 2.13 bits per heavy atom. The van der Waals surface area contributed by atoms with Gasteiger partial charge in [0.25, 0.3) is 5.91 Å². The van der Waals surface area contributed by atoms with Gasteiger partial charge in [0.2, 0.25) is 11.8 Å². The third-order valence-electron chi connectivity index (χ3n) is 3.90. The maximum atomic E-state index is 12.5. The molecule has 23 heavy (non-hydrogen) atoms. The van der Waals surface area contributed by atoms with E-state index in [-0.39, 0.29) is 12.8 Å². The maximum absolute atomic E-state index is 12.5. The highest BCUT2D eigenvalue weighted by molar-refractivity contribution is 6.32. The molecule has 3 amide bonds. The summed E-state index contributed by atoms with van der Waals surface area (Å²) in [5.74, 6) is -1.64. The van der Waals surface area contributed by atoms with E-state index in [9.17, 15) is 19.6 Å². The van der Waals surface area contributed by atoms with Crippen LogP contribution in [0.1, 0.15) is 38.2 Å². The average Bonchev–Trinajstić information content (AvgIpc) is 2.82. The molecule has 1 saturated heterocycles. The smallest absolute Gasteiger partial charge is 0.259 e. The highest BCUT2D eigenvalue weighted by Gasteiger charge is 2.44. The summed E-state index contributed by atoms with van der Waals surface area (Å²) in [6, 6.07) is 3.74. The first kappa shape index (κ1) is 17.4. The van der Waals surface area contributed by atoms with E-state index in [4.69, 9.17) is 11.6 Å². The second-order valence-electron chi connectivity index (χ2n) is 5.51. The molecule has 0 aliphatic carbocycles. The van der Waals surface area contributed by atoms with Crippen molar-refractivity contribution >= 4 is 35.0 Å². The van der Waals surface area contributed by atoms with Crippen molar-refractivity contribution in [2.24, 2.45) is 0 Å². The number of hydrogen-bond donors (Lipinski definition) is 1. The largest absolute Gasteiger partial charge is 0.285 e. The third kappa shape index (κ3) is 3.38. The highest BCUT2D eigenvalue weighted by atomic mass is 35.5. The lowest BCUT2D eigenvalue weighted by Crippen LogP contribution is -2.43. The van der Waals surface area contributed by atoms with Gasteiger partial charge < -0.3 is 0 Å². The molecule has 0 aromatic heterocycles. The van der Waals surface area contributed by atoms with E-state index in [1.165, 1.54) is 0 Å². The fourth-order valence-corrected chi connectivity index (χ4v) is 2.68. The van der Waals surface area contributed by atoms with Gasteiger partial charge in [-0.1, -0.05) is 31.0 Å². The molecule has 1 fully saturated rings. The van der Waals surface area contributed by atoms with Crippen molar-refractivity contribution in [3.63, 3.8) is 0 Å². The van der Waals surface area contributed by atoms with Crippen molar-refractivity contribution in [3.8, 4) is 0 Å². The molecule has 1 atom stereocenters. The monoisotopic (exact) mass is 338 g/mol. The van der Waals surface area contributed by atoms with Crippen molar-refractivity contribution in [2.75, 3.05) is 4.90 Å². The fourth-order valence-electron chi connectivity index (χ4n) is 2.51. The molecule has 0 unspecified atom stereocenters. The van der Waals surface area contributed by atoms with E-state index in [0.29, 0.717) is 27.8 Å². The van der Waals surface area contributed by atoms with Crippen LogP contribution in [0.25, 0.3) is 0 Å². The highest BCUT2D eigenvalue weighted by Crippen LogP contribution is 2.31. The van der Waals surface area contributed by atoms with E-state index in [2.05, 4.69) is 0 Å². The van der Waals surface area contributed by atoms with Crippen LogP contribution in [0.3, 0.4) is 0 Å². The number of unbranched alkanes of at least 4 members (excludes halogenated alkanes) is 1. The zero-order valence-corrected chi connectivity index (χ0v) is 13.8. The Morgan fingerprint density at radius 3 is 2.78 bits per heavy atom. The summed E-state index contributed by atoms with van der Waals surface area (Å²) in [6.07, 6.45) is 1.31. The first-order valence-electron chi connectivity index (χ1n) is 7.51. The lowest BCUT2D eigenvalue weighted by Gasteiger charge is -2.22. The first-order chi connectivity index (χ1) is 10.9. The fraction of sp³-hybridized carbons (Fsp3) is 0.438. The minimum atomic E-state index is -1.18. The van der Waals surface area contributed by atoms with E-state index in [1.807, 2.05) is 6.92 Å². The van der Waals surface area contributed by atoms with Crippen molar-refractivity contribution in [1.82, 2.24) is 5.06 Å². The van der Waals surface area contributed by atoms with Gasteiger partial charge in [-0.25, -0.2) is 9.96 Å². The number of amides is 3. The van der Waals surface area contributed by atoms with Crippen molar-refractivity contribution in [3.05, 3.63) is 28.8 Å². The molecule has 1 heterocycles. The molecule has 0 saturated carbocycles. The summed E-state index contributed by atoms with van der Waals surface area (Å²) in [7, 11) is 0. The van der Waals surface area contributed by atoms with Crippen LogP contribution >= 0.6 is 11.6 Å². The number of hydrogen-bond acceptors (Lipinski definition) is 4. The summed E-state index contributed by atoms with van der Waals surface area (Å²) >= 11 is 6.03. The molecule has 1 aliphatic heterocycles. The summed E-state index contributed by atoms with van der Waals surface area (Å²) in [5.41, 5.74) is 0.975. The van der Waals surface area contributed by atoms with Crippen molar-refractivity contribution in [1.29, 1.82) is 0 Å². The standard InChI is InChI=1S/C16H19ClN2O4/c1-3-4-8-14(20)19(23)13-9-15(21)18(16(13)22)12-7-5-6-11(17)10(12)2/h5-7,13,23H,3-4,8-9H2,1-2H3/t13-/m1/s1. The topological polar surface area (TPSA) is 77.9 Å². The summed E-state index contributed by atoms with van der Waals surface area (Å²) in [4.78, 5) is 37.6. The lowest BCUT2D eigenvalue weighted by molar-refractivity contribution is -0.177. The van der Waals surface area contributed by atoms with Gasteiger partial charge in [0, 0.05) is 11.4 Å². The number of nitrogens with zero attached hydrogens (tertiary/aromatic N) is 2. The van der Waals surface area contributed by atoms with Gasteiger partial charge in [0.1, 0.15) is 6.04 Å². The Morgan fingerprint density at radius 1 is 1.43 bits per heavy atom. The molecule has 7 heteroatoms. The Bertz CT molecular complexity index is 647. The SMILES string of the molecule is CCCCC(=O)N(O)[C@@H]1CC(=O)N(c2cccc(Cl)c2C)C1=O. The van der Waals surface area contributed by atoms with Gasteiger partial charge in [0.05, 0.1) is 12.1 Å². The number of halogens is 1. The molecule has 1 aromatic rings. The molecule has 1 N–H and O–H groups in total. The van der Waals surface area contributed by atoms with E-state index in [1.54, 1.807) is 25.1 Å². The number of carbonyl (C=O) groups is 3. The molecular formula is C16H19ClN2O4. The summed E-state index contributed by atoms with van der Waals surface area (Å²) in [6.45, 7) is 3.62. The van der Waals surface area contributed by atoms with E-state index >= 15 is 0 Å². The lowest BCUT2D eigenvalue weighted by atomic mass is 10.2. The number of rotatable bonds is 5. The Kier molecular flexibility index (Phi) is 5.38. The van der Waals surface area contributed by atoms with Gasteiger partial charge in [0.15, 0.2) is 0 Å². The minimum Gasteiger partial charge on any atom is -0.285 e. The third-order valence-corrected chi connectivity index (χ3v) is 4.31. The van der Waals surface area contributed by atoms with Crippen LogP contribution in [0.2, 0.25) is 5.02 Å². The van der Waals surface area contributed by atoms with Gasteiger partial charge in [-0.15, -0.1) is 0 Å². The number of carbonyl (C=O) groups excluding carboxylic acids is 3. The predicted molar refractivity (Wildman–Crippen MR) is 85.2 cm³/mol. The molecule has 2 rings (SSSR count). The molecule has 0 spiro atoms. The van der Waals surface area contributed by atoms with Crippen LogP contribution in [0.15, 0.2) is 18.2 Å². The molecular weight excluding hydrogens is 320 g/mol. The van der Waals surface area contributed by atoms with Crippen LogP contribution in [-0.4, -0.2) is 34.0 Å². The molecule has 1 aliphatic rings. The van der Waals surface area contributed by atoms with Gasteiger partial charge in [-0.2, -0.15) is 0 Å². The van der Waals surface area contributed by atoms with Crippen LogP contribution < -0.4 is 4.90 Å². The zero-order chi connectivity index (χ0) is 17.1. The molecule has 0 bridgehead atoms. The number of benzene rings is 1. The summed E-state index contributed by atoms with van der Waals surface area (Å²) < 4.78 is 0. The van der Waals surface area contributed by atoms with Crippen LogP contribution in [0.5, 0.6) is 0 Å². The molecule has 0 radical (unpaired) electrons. The van der Waals surface area contributed by atoms with Gasteiger partial charge in [-0.3, -0.25) is 19.6 Å². The maximum Gasteiger partial charge on any atom is 0.259 e. The zero-order valence-electron chi connectivity index (χ0n) is 13.1. The van der Waals surface area contributed by atoms with Crippen LogP contribution in [-0.2, 0) is 14.4 Å². The molecule has 124 valence electrons. The Balaban J connectivity index is 2.23. The van der Waals surface area contributed by atoms with Crippen molar-refractivity contribution in [2.45, 2.75) is 45.6 Å². The Hall–Kier alpha value is -1.92. The van der Waals surface area contributed by atoms with E-state index < -0.39 is 23.8 Å². The molecule has 1 aromatic carbocycles. The van der Waals surface area contributed by atoms with Gasteiger partial charge in [-0.05, 0) is 31.0 Å². The van der Waals surface area contributed by atoms with Crippen LogP contribution in [0, 0.1) is 6.92 Å². The van der Waals surface area contributed by atoms with Crippen LogP contribution in [0.4, 0.5) is 5.69 Å². The van der Waals surface area contributed by atoms with Gasteiger partial charge >= 0.3 is 0 Å². The normalized spacial score (nSPS) is 17.7. The summed E-state index contributed by atoms with van der Waals surface area (Å²) in [5, 5.41) is 10.8. The first-order valence-corrected chi connectivity index (χ1v) is 7.89. The van der Waals surface area contributed by atoms with Crippen molar-refractivity contribution < 1.29 is 19.6 Å². The Labute approximate surface area is 139 Å². The average molecular weight is 339 g/mol. The predicted octanol–water partition coefficient (Wildman–Crippen LogP) is 2.69.